The second-order valence-corrected chi connectivity index (χ2v) is 3.83. The third kappa shape index (κ3) is 2.35. The molecule has 70 valence electrons. The van der Waals surface area contributed by atoms with Crippen LogP contribution >= 0.6 is 11.6 Å². The lowest BCUT2D eigenvalue weighted by Gasteiger charge is -2.30. The number of carbonyl (C=O) groups is 1. The van der Waals surface area contributed by atoms with E-state index in [0.29, 0.717) is 25.9 Å². The number of piperidine rings is 1. The molecule has 0 spiro atoms. The van der Waals surface area contributed by atoms with Crippen molar-refractivity contribution in [3.8, 4) is 0 Å². The summed E-state index contributed by atoms with van der Waals surface area (Å²) in [6.45, 7) is 2.95. The minimum absolute atomic E-state index is 0.0245. The van der Waals surface area contributed by atoms with E-state index in [-0.39, 0.29) is 12.0 Å². The number of aliphatic hydroxyl groups excluding tert-OH is 1. The largest absolute Gasteiger partial charge is 0.393 e. The van der Waals surface area contributed by atoms with Crippen molar-refractivity contribution in [2.24, 2.45) is 0 Å². The van der Waals surface area contributed by atoms with Gasteiger partial charge in [-0.25, -0.2) is 0 Å². The van der Waals surface area contributed by atoms with Crippen molar-refractivity contribution in [3.05, 3.63) is 0 Å². The first-order chi connectivity index (χ1) is 5.61. The monoisotopic (exact) mass is 191 g/mol. The van der Waals surface area contributed by atoms with E-state index in [2.05, 4.69) is 0 Å². The van der Waals surface area contributed by atoms with Crippen LogP contribution in [0.1, 0.15) is 19.8 Å². The van der Waals surface area contributed by atoms with Crippen LogP contribution in [-0.2, 0) is 4.79 Å². The number of hydrogen-bond acceptors (Lipinski definition) is 2. The molecule has 4 heteroatoms. The SMILES string of the molecule is CC(Cl)C(=O)N1CCC(O)CC1. The first-order valence-corrected chi connectivity index (χ1v) is 4.66. The number of nitrogens with zero attached hydrogens (tertiary/aromatic N) is 1. The Morgan fingerprint density at radius 1 is 1.58 bits per heavy atom. The molecule has 1 aliphatic heterocycles. The van der Waals surface area contributed by atoms with Crippen LogP contribution < -0.4 is 0 Å². The quantitative estimate of drug-likeness (QED) is 0.617. The number of halogens is 1. The highest BCUT2D eigenvalue weighted by atomic mass is 35.5. The van der Waals surface area contributed by atoms with E-state index in [1.165, 1.54) is 0 Å². The lowest BCUT2D eigenvalue weighted by Crippen LogP contribution is -2.42. The fraction of sp³-hybridized carbons (Fsp3) is 0.875. The van der Waals surface area contributed by atoms with E-state index in [4.69, 9.17) is 11.6 Å². The highest BCUT2D eigenvalue weighted by Gasteiger charge is 2.23. The Bertz CT molecular complexity index is 164. The average molecular weight is 192 g/mol. The van der Waals surface area contributed by atoms with Crippen LogP contribution in [0.4, 0.5) is 0 Å². The Balaban J connectivity index is 2.39. The molecule has 0 aromatic heterocycles. The molecule has 1 aliphatic rings. The fourth-order valence-electron chi connectivity index (χ4n) is 1.34. The molecule has 1 amide bonds. The second-order valence-electron chi connectivity index (χ2n) is 3.17. The Morgan fingerprint density at radius 2 is 2.08 bits per heavy atom. The van der Waals surface area contributed by atoms with Gasteiger partial charge < -0.3 is 10.0 Å². The molecule has 1 atom stereocenters. The van der Waals surface area contributed by atoms with Gasteiger partial charge in [0.2, 0.25) is 5.91 Å². The minimum Gasteiger partial charge on any atom is -0.393 e. The smallest absolute Gasteiger partial charge is 0.240 e. The zero-order chi connectivity index (χ0) is 9.14. The van der Waals surface area contributed by atoms with Gasteiger partial charge >= 0.3 is 0 Å². The maximum Gasteiger partial charge on any atom is 0.240 e. The van der Waals surface area contributed by atoms with Gasteiger partial charge in [0.15, 0.2) is 0 Å². The molecule has 0 aromatic carbocycles. The molecule has 0 radical (unpaired) electrons. The summed E-state index contributed by atoms with van der Waals surface area (Å²) < 4.78 is 0. The Kier molecular flexibility index (Phi) is 3.35. The number of aliphatic hydroxyl groups is 1. The molecule has 1 unspecified atom stereocenters. The lowest BCUT2D eigenvalue weighted by atomic mass is 10.1. The number of alkyl halides is 1. The van der Waals surface area contributed by atoms with Gasteiger partial charge in [0, 0.05) is 13.1 Å². The fourth-order valence-corrected chi connectivity index (χ4v) is 1.48. The maximum atomic E-state index is 11.3. The normalized spacial score (nSPS) is 22.4. The lowest BCUT2D eigenvalue weighted by molar-refractivity contribution is -0.132. The zero-order valence-corrected chi connectivity index (χ0v) is 7.92. The molecule has 0 aliphatic carbocycles. The van der Waals surface area contributed by atoms with Crippen LogP contribution in [-0.4, -0.2) is 40.5 Å². The van der Waals surface area contributed by atoms with Crippen molar-refractivity contribution in [2.45, 2.75) is 31.2 Å². The first-order valence-electron chi connectivity index (χ1n) is 4.22. The predicted molar refractivity (Wildman–Crippen MR) is 47.1 cm³/mol. The first kappa shape index (κ1) is 9.81. The van der Waals surface area contributed by atoms with Crippen LogP contribution in [0.3, 0.4) is 0 Å². The summed E-state index contributed by atoms with van der Waals surface area (Å²) in [5, 5.41) is 8.73. The highest BCUT2D eigenvalue weighted by Crippen LogP contribution is 2.12. The maximum absolute atomic E-state index is 11.3. The molecular formula is C8H14ClNO2. The summed E-state index contributed by atoms with van der Waals surface area (Å²) >= 11 is 5.64. The Hall–Kier alpha value is -0.280. The van der Waals surface area contributed by atoms with Gasteiger partial charge in [-0.15, -0.1) is 11.6 Å². The number of likely N-dealkylation sites (tertiary alicyclic amines) is 1. The molecule has 1 N–H and O–H groups in total. The number of amides is 1. The Labute approximate surface area is 77.3 Å². The summed E-state index contributed by atoms with van der Waals surface area (Å²) in [6.07, 6.45) is 1.12. The van der Waals surface area contributed by atoms with E-state index < -0.39 is 5.38 Å². The van der Waals surface area contributed by atoms with Crippen LogP contribution in [0.25, 0.3) is 0 Å². The van der Waals surface area contributed by atoms with E-state index in [9.17, 15) is 9.90 Å². The molecule has 1 heterocycles. The third-order valence-corrected chi connectivity index (χ3v) is 2.30. The molecule has 1 rings (SSSR count). The number of rotatable bonds is 1. The van der Waals surface area contributed by atoms with Crippen molar-refractivity contribution in [2.75, 3.05) is 13.1 Å². The molecule has 1 fully saturated rings. The van der Waals surface area contributed by atoms with Gasteiger partial charge in [-0.1, -0.05) is 0 Å². The predicted octanol–water partition coefficient (Wildman–Crippen LogP) is 0.597. The van der Waals surface area contributed by atoms with E-state index in [1.54, 1.807) is 11.8 Å². The van der Waals surface area contributed by atoms with Crippen molar-refractivity contribution < 1.29 is 9.90 Å². The van der Waals surface area contributed by atoms with Gasteiger partial charge in [0.1, 0.15) is 5.38 Å². The molecule has 12 heavy (non-hydrogen) atoms. The molecular weight excluding hydrogens is 178 g/mol. The summed E-state index contributed by atoms with van der Waals surface area (Å²) in [5.41, 5.74) is 0. The van der Waals surface area contributed by atoms with Crippen LogP contribution in [0, 0.1) is 0 Å². The molecule has 0 aromatic rings. The third-order valence-electron chi connectivity index (χ3n) is 2.12. The summed E-state index contributed by atoms with van der Waals surface area (Å²) in [6, 6.07) is 0. The topological polar surface area (TPSA) is 40.5 Å². The van der Waals surface area contributed by atoms with Gasteiger partial charge in [0.05, 0.1) is 6.10 Å². The number of hydrogen-bond donors (Lipinski definition) is 1. The van der Waals surface area contributed by atoms with Crippen LogP contribution in [0.5, 0.6) is 0 Å². The molecule has 0 bridgehead atoms. The minimum atomic E-state index is -0.444. The number of carbonyl (C=O) groups excluding carboxylic acids is 1. The van der Waals surface area contributed by atoms with E-state index in [1.807, 2.05) is 0 Å². The standard InChI is InChI=1S/C8H14ClNO2/c1-6(9)8(12)10-4-2-7(11)3-5-10/h6-7,11H,2-5H2,1H3. The molecule has 1 saturated heterocycles. The molecule has 3 nitrogen and oxygen atoms in total. The average Bonchev–Trinajstić information content (AvgIpc) is 2.04. The van der Waals surface area contributed by atoms with Crippen molar-refractivity contribution >= 4 is 17.5 Å². The van der Waals surface area contributed by atoms with E-state index >= 15 is 0 Å². The van der Waals surface area contributed by atoms with Crippen LogP contribution in [0.2, 0.25) is 0 Å². The van der Waals surface area contributed by atoms with Crippen molar-refractivity contribution in [1.82, 2.24) is 4.90 Å². The van der Waals surface area contributed by atoms with Crippen LogP contribution in [0.15, 0.2) is 0 Å². The van der Waals surface area contributed by atoms with Gasteiger partial charge in [-0.05, 0) is 19.8 Å². The van der Waals surface area contributed by atoms with E-state index in [0.717, 1.165) is 0 Å². The summed E-state index contributed by atoms with van der Waals surface area (Å²) in [7, 11) is 0. The summed E-state index contributed by atoms with van der Waals surface area (Å²) in [4.78, 5) is 13.0. The van der Waals surface area contributed by atoms with Crippen molar-refractivity contribution in [1.29, 1.82) is 0 Å². The Morgan fingerprint density at radius 3 is 2.50 bits per heavy atom. The van der Waals surface area contributed by atoms with Gasteiger partial charge in [-0.2, -0.15) is 0 Å². The van der Waals surface area contributed by atoms with Crippen molar-refractivity contribution in [3.63, 3.8) is 0 Å². The van der Waals surface area contributed by atoms with Gasteiger partial charge in [-0.3, -0.25) is 4.79 Å². The molecule has 0 saturated carbocycles. The highest BCUT2D eigenvalue weighted by molar-refractivity contribution is 6.30. The summed E-state index contributed by atoms with van der Waals surface area (Å²) in [5.74, 6) is -0.0245. The zero-order valence-electron chi connectivity index (χ0n) is 7.16. The van der Waals surface area contributed by atoms with Gasteiger partial charge in [0.25, 0.3) is 0 Å². The second kappa shape index (κ2) is 4.10.